The molecule has 1 aliphatic heterocycles. The number of hydrogen-bond acceptors (Lipinski definition) is 6. The molecule has 1 aromatic heterocycles. The van der Waals surface area contributed by atoms with Crippen molar-refractivity contribution in [1.82, 2.24) is 4.57 Å². The standard InChI is InChI=1S/C21H23N3O4/c1-5-26-15-8-7-13(10-16(15)27-6-2)18-14(11-22)20(23)28-17-9-12(3)24(4)21(25)19(17)18/h7-10,18H,5-6,23H2,1-4H3. The molecule has 2 N–H and O–H groups in total. The lowest BCUT2D eigenvalue weighted by Gasteiger charge is -2.27. The second-order valence-electron chi connectivity index (χ2n) is 6.42. The summed E-state index contributed by atoms with van der Waals surface area (Å²) in [6.45, 7) is 6.53. The van der Waals surface area contributed by atoms with Crippen LogP contribution >= 0.6 is 0 Å². The number of aryl methyl sites for hydroxylation is 1. The van der Waals surface area contributed by atoms with Gasteiger partial charge in [-0.1, -0.05) is 6.07 Å². The van der Waals surface area contributed by atoms with E-state index in [4.69, 9.17) is 19.9 Å². The van der Waals surface area contributed by atoms with Gasteiger partial charge in [0.15, 0.2) is 11.5 Å². The zero-order valence-corrected chi connectivity index (χ0v) is 16.4. The van der Waals surface area contributed by atoms with Crippen molar-refractivity contribution in [3.63, 3.8) is 0 Å². The van der Waals surface area contributed by atoms with Crippen molar-refractivity contribution in [2.45, 2.75) is 26.7 Å². The molecule has 1 unspecified atom stereocenters. The van der Waals surface area contributed by atoms with Gasteiger partial charge < -0.3 is 24.5 Å². The van der Waals surface area contributed by atoms with Gasteiger partial charge in [0.2, 0.25) is 5.88 Å². The third-order valence-electron chi connectivity index (χ3n) is 4.75. The lowest BCUT2D eigenvalue weighted by Crippen LogP contribution is -2.31. The minimum atomic E-state index is -0.650. The first-order valence-corrected chi connectivity index (χ1v) is 9.10. The summed E-state index contributed by atoms with van der Waals surface area (Å²) < 4.78 is 18.5. The monoisotopic (exact) mass is 381 g/mol. The lowest BCUT2D eigenvalue weighted by molar-refractivity contribution is 0.287. The molecule has 2 heterocycles. The van der Waals surface area contributed by atoms with Gasteiger partial charge in [0.05, 0.1) is 24.7 Å². The zero-order chi connectivity index (χ0) is 20.4. The highest BCUT2D eigenvalue weighted by atomic mass is 16.5. The maximum absolute atomic E-state index is 13.0. The number of rotatable bonds is 5. The summed E-state index contributed by atoms with van der Waals surface area (Å²) in [5.41, 5.74) is 7.80. The van der Waals surface area contributed by atoms with Gasteiger partial charge in [0.1, 0.15) is 17.4 Å². The van der Waals surface area contributed by atoms with Crippen LogP contribution in [0.25, 0.3) is 0 Å². The van der Waals surface area contributed by atoms with E-state index in [-0.39, 0.29) is 17.0 Å². The number of aromatic nitrogens is 1. The fraction of sp³-hybridized carbons (Fsp3) is 0.333. The van der Waals surface area contributed by atoms with Gasteiger partial charge in [-0.25, -0.2) is 0 Å². The topological polar surface area (TPSA) is 99.5 Å². The molecule has 3 rings (SSSR count). The predicted molar refractivity (Wildman–Crippen MR) is 104 cm³/mol. The SMILES string of the molecule is CCOc1ccc(C2C(C#N)=C(N)Oc3cc(C)n(C)c(=O)c32)cc1OCC. The zero-order valence-electron chi connectivity index (χ0n) is 16.4. The van der Waals surface area contributed by atoms with Crippen molar-refractivity contribution in [2.24, 2.45) is 12.8 Å². The van der Waals surface area contributed by atoms with Crippen LogP contribution in [0.2, 0.25) is 0 Å². The van der Waals surface area contributed by atoms with Crippen molar-refractivity contribution in [2.75, 3.05) is 13.2 Å². The molecule has 0 aliphatic carbocycles. The van der Waals surface area contributed by atoms with Crippen molar-refractivity contribution < 1.29 is 14.2 Å². The highest BCUT2D eigenvalue weighted by molar-refractivity contribution is 5.57. The maximum atomic E-state index is 13.0. The molecule has 0 saturated heterocycles. The lowest BCUT2D eigenvalue weighted by atomic mass is 9.84. The summed E-state index contributed by atoms with van der Waals surface area (Å²) >= 11 is 0. The molecule has 2 aromatic rings. The molecular formula is C21H23N3O4. The summed E-state index contributed by atoms with van der Waals surface area (Å²) in [7, 11) is 1.69. The Labute approximate surface area is 163 Å². The molecule has 7 heteroatoms. The van der Waals surface area contributed by atoms with Crippen molar-refractivity contribution in [1.29, 1.82) is 5.26 Å². The Bertz CT molecular complexity index is 1050. The van der Waals surface area contributed by atoms with Crippen LogP contribution in [-0.2, 0) is 7.05 Å². The van der Waals surface area contributed by atoms with Crippen LogP contribution in [0.4, 0.5) is 0 Å². The number of fused-ring (bicyclic) bond motifs is 1. The maximum Gasteiger partial charge on any atom is 0.258 e. The van der Waals surface area contributed by atoms with Crippen LogP contribution in [0.15, 0.2) is 40.5 Å². The van der Waals surface area contributed by atoms with Gasteiger partial charge in [0.25, 0.3) is 5.56 Å². The van der Waals surface area contributed by atoms with E-state index >= 15 is 0 Å². The van der Waals surface area contributed by atoms with Crippen molar-refractivity contribution in [3.05, 3.63) is 62.9 Å². The Hall–Kier alpha value is -3.40. The Kier molecular flexibility index (Phi) is 5.32. The predicted octanol–water partition coefficient (Wildman–Crippen LogP) is 2.71. The van der Waals surface area contributed by atoms with Crippen LogP contribution in [0, 0.1) is 18.3 Å². The van der Waals surface area contributed by atoms with Gasteiger partial charge >= 0.3 is 0 Å². The highest BCUT2D eigenvalue weighted by Gasteiger charge is 2.34. The minimum absolute atomic E-state index is 0.000465. The molecule has 0 spiro atoms. The fourth-order valence-corrected chi connectivity index (χ4v) is 3.32. The van der Waals surface area contributed by atoms with Crippen molar-refractivity contribution in [3.8, 4) is 23.3 Å². The second kappa shape index (κ2) is 7.69. The number of nitriles is 1. The van der Waals surface area contributed by atoms with Crippen LogP contribution in [0.3, 0.4) is 0 Å². The van der Waals surface area contributed by atoms with Gasteiger partial charge in [-0.2, -0.15) is 5.26 Å². The molecule has 146 valence electrons. The number of hydrogen-bond donors (Lipinski definition) is 1. The molecule has 0 bridgehead atoms. The van der Waals surface area contributed by atoms with Crippen LogP contribution in [0.5, 0.6) is 17.2 Å². The molecule has 0 saturated carbocycles. The fourth-order valence-electron chi connectivity index (χ4n) is 3.32. The Morgan fingerprint density at radius 1 is 1.21 bits per heavy atom. The van der Waals surface area contributed by atoms with E-state index in [1.165, 1.54) is 4.57 Å². The Balaban J connectivity index is 2.26. The molecule has 0 amide bonds. The van der Waals surface area contributed by atoms with Crippen LogP contribution in [-0.4, -0.2) is 17.8 Å². The van der Waals surface area contributed by atoms with E-state index in [2.05, 4.69) is 6.07 Å². The number of ether oxygens (including phenoxy) is 3. The number of allylic oxidation sites excluding steroid dienone is 1. The summed E-state index contributed by atoms with van der Waals surface area (Å²) in [6.07, 6.45) is 0. The molecular weight excluding hydrogens is 358 g/mol. The van der Waals surface area contributed by atoms with Crippen LogP contribution in [0.1, 0.15) is 36.6 Å². The number of benzene rings is 1. The first-order chi connectivity index (χ1) is 13.4. The number of nitrogens with zero attached hydrogens (tertiary/aromatic N) is 2. The molecule has 28 heavy (non-hydrogen) atoms. The van der Waals surface area contributed by atoms with Gasteiger partial charge in [-0.05, 0) is 38.5 Å². The number of pyridine rings is 1. The summed E-state index contributed by atoms with van der Waals surface area (Å²) in [5.74, 6) is 0.874. The van der Waals surface area contributed by atoms with E-state index in [0.29, 0.717) is 41.6 Å². The van der Waals surface area contributed by atoms with Gasteiger partial charge in [-0.3, -0.25) is 4.79 Å². The van der Waals surface area contributed by atoms with E-state index < -0.39 is 5.92 Å². The average Bonchev–Trinajstić information content (AvgIpc) is 2.67. The summed E-state index contributed by atoms with van der Waals surface area (Å²) in [6, 6.07) is 9.24. The van der Waals surface area contributed by atoms with E-state index in [1.54, 1.807) is 25.2 Å². The number of nitrogens with two attached hydrogens (primary N) is 1. The van der Waals surface area contributed by atoms with E-state index in [9.17, 15) is 10.1 Å². The largest absolute Gasteiger partial charge is 0.490 e. The normalized spacial score (nSPS) is 15.5. The highest BCUT2D eigenvalue weighted by Crippen LogP contribution is 2.42. The summed E-state index contributed by atoms with van der Waals surface area (Å²) in [5, 5.41) is 9.71. The quantitative estimate of drug-likeness (QED) is 0.855. The molecule has 0 fully saturated rings. The third kappa shape index (κ3) is 3.18. The molecule has 1 atom stereocenters. The van der Waals surface area contributed by atoms with Crippen LogP contribution < -0.4 is 25.5 Å². The summed E-state index contributed by atoms with van der Waals surface area (Å²) in [4.78, 5) is 13.0. The van der Waals surface area contributed by atoms with E-state index in [1.807, 2.05) is 26.8 Å². The Morgan fingerprint density at radius 3 is 2.54 bits per heavy atom. The Morgan fingerprint density at radius 2 is 1.89 bits per heavy atom. The molecule has 0 radical (unpaired) electrons. The molecule has 1 aliphatic rings. The second-order valence-corrected chi connectivity index (χ2v) is 6.42. The van der Waals surface area contributed by atoms with Gasteiger partial charge in [0, 0.05) is 18.8 Å². The molecule has 7 nitrogen and oxygen atoms in total. The third-order valence-corrected chi connectivity index (χ3v) is 4.75. The first kappa shape index (κ1) is 19.4. The minimum Gasteiger partial charge on any atom is -0.490 e. The molecule has 1 aromatic carbocycles. The van der Waals surface area contributed by atoms with Crippen molar-refractivity contribution >= 4 is 0 Å². The van der Waals surface area contributed by atoms with Gasteiger partial charge in [-0.15, -0.1) is 0 Å². The average molecular weight is 381 g/mol. The first-order valence-electron chi connectivity index (χ1n) is 9.10. The smallest absolute Gasteiger partial charge is 0.258 e. The van der Waals surface area contributed by atoms with E-state index in [0.717, 1.165) is 5.69 Å².